The Morgan fingerprint density at radius 1 is 1.29 bits per heavy atom. The molecular formula is C21H27N3O7. The van der Waals surface area contributed by atoms with E-state index in [1.54, 1.807) is 33.8 Å². The van der Waals surface area contributed by atoms with Gasteiger partial charge in [-0.05, 0) is 51.8 Å². The molecule has 0 saturated heterocycles. The standard InChI is InChI=1S/C21H27N3O7/c1-6-9-21(4,5)31-20(27)30-17-12-14(11-16(18(17)25)24(28)29)10-15(13-22)19(26)23(7-2)8-3/h10-12,25H,6-9H2,1-5H3/b15-10+. The number of nitro benzene ring substituents is 1. The van der Waals surface area contributed by atoms with E-state index in [1.165, 1.54) is 4.90 Å². The lowest BCUT2D eigenvalue weighted by atomic mass is 10.0. The first-order valence-electron chi connectivity index (χ1n) is 9.82. The zero-order chi connectivity index (χ0) is 23.8. The number of phenols is 1. The normalized spacial score (nSPS) is 11.4. The minimum absolute atomic E-state index is 0.0252. The maximum atomic E-state index is 12.5. The number of aromatic hydroxyl groups is 1. The van der Waals surface area contributed by atoms with Crippen LogP contribution in [-0.2, 0) is 9.53 Å². The summed E-state index contributed by atoms with van der Waals surface area (Å²) >= 11 is 0. The van der Waals surface area contributed by atoms with E-state index >= 15 is 0 Å². The van der Waals surface area contributed by atoms with Gasteiger partial charge in [0.15, 0.2) is 5.75 Å². The van der Waals surface area contributed by atoms with Gasteiger partial charge in [0.05, 0.1) is 4.92 Å². The van der Waals surface area contributed by atoms with Gasteiger partial charge in [-0.25, -0.2) is 4.79 Å². The first-order valence-corrected chi connectivity index (χ1v) is 9.82. The summed E-state index contributed by atoms with van der Waals surface area (Å²) in [6.07, 6.45) is 1.28. The number of phenolic OH excluding ortho intramolecular Hbond substituents is 1. The molecule has 0 fully saturated rings. The van der Waals surface area contributed by atoms with E-state index in [9.17, 15) is 30.1 Å². The molecule has 10 heteroatoms. The molecule has 31 heavy (non-hydrogen) atoms. The molecule has 0 radical (unpaired) electrons. The van der Waals surface area contributed by atoms with Gasteiger partial charge >= 0.3 is 11.8 Å². The highest BCUT2D eigenvalue weighted by molar-refractivity contribution is 6.01. The van der Waals surface area contributed by atoms with Gasteiger partial charge in [-0.3, -0.25) is 14.9 Å². The van der Waals surface area contributed by atoms with Gasteiger partial charge in [0.2, 0.25) is 5.75 Å². The SMILES string of the molecule is CCCC(C)(C)OC(=O)Oc1cc(/C=C(\C#N)C(=O)N(CC)CC)cc([N+](=O)[O-])c1O. The average Bonchev–Trinajstić information content (AvgIpc) is 2.68. The van der Waals surface area contributed by atoms with Crippen LogP contribution in [-0.4, -0.2) is 45.7 Å². The summed E-state index contributed by atoms with van der Waals surface area (Å²) in [7, 11) is 0. The maximum Gasteiger partial charge on any atom is 0.514 e. The molecule has 0 saturated carbocycles. The van der Waals surface area contributed by atoms with E-state index in [0.29, 0.717) is 19.5 Å². The molecule has 0 bridgehead atoms. The molecule has 1 rings (SSSR count). The van der Waals surface area contributed by atoms with E-state index < -0.39 is 39.8 Å². The lowest BCUT2D eigenvalue weighted by molar-refractivity contribution is -0.385. The largest absolute Gasteiger partial charge is 0.514 e. The number of hydrogen-bond donors (Lipinski definition) is 1. The molecule has 0 aliphatic heterocycles. The van der Waals surface area contributed by atoms with E-state index in [-0.39, 0.29) is 11.1 Å². The summed E-state index contributed by atoms with van der Waals surface area (Å²) in [5.41, 5.74) is -1.83. The predicted molar refractivity (Wildman–Crippen MR) is 112 cm³/mol. The van der Waals surface area contributed by atoms with Crippen LogP contribution in [0.15, 0.2) is 17.7 Å². The van der Waals surface area contributed by atoms with Crippen LogP contribution in [0.3, 0.4) is 0 Å². The number of carbonyl (C=O) groups is 2. The maximum absolute atomic E-state index is 12.5. The van der Waals surface area contributed by atoms with Crippen molar-refractivity contribution >= 4 is 23.8 Å². The molecule has 168 valence electrons. The number of rotatable bonds is 9. The smallest absolute Gasteiger partial charge is 0.499 e. The van der Waals surface area contributed by atoms with Gasteiger partial charge in [0, 0.05) is 19.2 Å². The quantitative estimate of drug-likeness (QED) is 0.153. The van der Waals surface area contributed by atoms with Crippen molar-refractivity contribution in [2.75, 3.05) is 13.1 Å². The average molecular weight is 433 g/mol. The fourth-order valence-electron chi connectivity index (χ4n) is 2.89. The Kier molecular flexibility index (Phi) is 8.99. The highest BCUT2D eigenvalue weighted by Gasteiger charge is 2.27. The molecule has 1 amide bonds. The summed E-state index contributed by atoms with van der Waals surface area (Å²) in [6.45, 7) is 9.51. The van der Waals surface area contributed by atoms with Crippen molar-refractivity contribution in [3.05, 3.63) is 33.4 Å². The highest BCUT2D eigenvalue weighted by atomic mass is 16.7. The number of ether oxygens (including phenoxy) is 2. The molecule has 1 N–H and O–H groups in total. The van der Waals surface area contributed by atoms with Crippen LogP contribution in [0, 0.1) is 21.4 Å². The van der Waals surface area contributed by atoms with Crippen molar-refractivity contribution in [2.24, 2.45) is 0 Å². The Balaban J connectivity index is 3.38. The van der Waals surface area contributed by atoms with Crippen LogP contribution in [0.25, 0.3) is 6.08 Å². The Hall–Kier alpha value is -3.61. The molecule has 0 aliphatic rings. The number of nitrogens with zero attached hydrogens (tertiary/aromatic N) is 3. The fourth-order valence-corrected chi connectivity index (χ4v) is 2.89. The Bertz CT molecular complexity index is 912. The zero-order valence-electron chi connectivity index (χ0n) is 18.3. The van der Waals surface area contributed by atoms with Crippen LogP contribution >= 0.6 is 0 Å². The van der Waals surface area contributed by atoms with Crippen molar-refractivity contribution in [3.8, 4) is 17.6 Å². The van der Waals surface area contributed by atoms with Crippen molar-refractivity contribution in [1.29, 1.82) is 5.26 Å². The van der Waals surface area contributed by atoms with E-state index in [2.05, 4.69) is 0 Å². The summed E-state index contributed by atoms with van der Waals surface area (Å²) in [4.78, 5) is 36.5. The second kappa shape index (κ2) is 11.0. The number of likely N-dealkylation sites (N-methyl/N-ethyl adjacent to an activating group) is 1. The van der Waals surface area contributed by atoms with Gasteiger partial charge in [-0.15, -0.1) is 0 Å². The molecule has 0 atom stereocenters. The summed E-state index contributed by atoms with van der Waals surface area (Å²) in [5.74, 6) is -1.95. The van der Waals surface area contributed by atoms with Gasteiger partial charge in [-0.2, -0.15) is 5.26 Å². The minimum atomic E-state index is -1.15. The summed E-state index contributed by atoms with van der Waals surface area (Å²) in [5, 5.41) is 30.9. The Morgan fingerprint density at radius 2 is 1.90 bits per heavy atom. The van der Waals surface area contributed by atoms with Crippen LogP contribution in [0.4, 0.5) is 10.5 Å². The molecule has 1 aromatic rings. The van der Waals surface area contributed by atoms with Crippen molar-refractivity contribution in [1.82, 2.24) is 4.90 Å². The first-order chi connectivity index (χ1) is 14.5. The second-order valence-corrected chi connectivity index (χ2v) is 7.25. The van der Waals surface area contributed by atoms with Crippen LogP contribution in [0.5, 0.6) is 11.5 Å². The van der Waals surface area contributed by atoms with Gasteiger partial charge in [0.1, 0.15) is 17.2 Å². The number of carbonyl (C=O) groups excluding carboxylic acids is 2. The molecule has 0 aliphatic carbocycles. The summed E-state index contributed by atoms with van der Waals surface area (Å²) < 4.78 is 10.2. The Labute approximate surface area is 180 Å². The van der Waals surface area contributed by atoms with Gasteiger partial charge in [-0.1, -0.05) is 13.3 Å². The Morgan fingerprint density at radius 3 is 2.39 bits per heavy atom. The predicted octanol–water partition coefficient (Wildman–Crippen LogP) is 4.17. The number of nitriles is 1. The van der Waals surface area contributed by atoms with Crippen LogP contribution < -0.4 is 4.74 Å². The van der Waals surface area contributed by atoms with Crippen molar-refractivity contribution < 1.29 is 29.1 Å². The highest BCUT2D eigenvalue weighted by Crippen LogP contribution is 2.38. The number of amides is 1. The number of nitro groups is 1. The molecule has 1 aromatic carbocycles. The van der Waals surface area contributed by atoms with Crippen molar-refractivity contribution in [3.63, 3.8) is 0 Å². The molecule has 0 spiro atoms. The van der Waals surface area contributed by atoms with E-state index in [0.717, 1.165) is 24.6 Å². The van der Waals surface area contributed by atoms with Crippen molar-refractivity contribution in [2.45, 2.75) is 53.1 Å². The third-order valence-corrected chi connectivity index (χ3v) is 4.39. The summed E-state index contributed by atoms with van der Waals surface area (Å²) in [6, 6.07) is 3.86. The molecule has 0 heterocycles. The number of hydrogen-bond acceptors (Lipinski definition) is 8. The van der Waals surface area contributed by atoms with Gasteiger partial charge < -0.3 is 19.5 Å². The lowest BCUT2D eigenvalue weighted by Gasteiger charge is -2.23. The van der Waals surface area contributed by atoms with Crippen LogP contribution in [0.2, 0.25) is 0 Å². The van der Waals surface area contributed by atoms with Crippen LogP contribution in [0.1, 0.15) is 53.0 Å². The van der Waals surface area contributed by atoms with E-state index in [4.69, 9.17) is 9.47 Å². The second-order valence-electron chi connectivity index (χ2n) is 7.25. The third-order valence-electron chi connectivity index (χ3n) is 4.39. The molecule has 0 unspecified atom stereocenters. The molecule has 10 nitrogen and oxygen atoms in total. The first kappa shape index (κ1) is 25.4. The van der Waals surface area contributed by atoms with Gasteiger partial charge in [0.25, 0.3) is 5.91 Å². The zero-order valence-corrected chi connectivity index (χ0v) is 18.3. The third kappa shape index (κ3) is 6.99. The lowest BCUT2D eigenvalue weighted by Crippen LogP contribution is -2.31. The fraction of sp³-hybridized carbons (Fsp3) is 0.476. The molecular weight excluding hydrogens is 406 g/mol. The topological polar surface area (TPSA) is 143 Å². The van der Waals surface area contributed by atoms with E-state index in [1.807, 2.05) is 6.92 Å². The monoisotopic (exact) mass is 433 g/mol. The molecule has 0 aromatic heterocycles. The minimum Gasteiger partial charge on any atom is -0.499 e. The number of benzene rings is 1.